The number of nitrogens with zero attached hydrogens (tertiary/aromatic N) is 7. The molecule has 14 aromatic rings. The second-order valence-electron chi connectivity index (χ2n) is 18.2. The minimum atomic E-state index is 0.522. The van der Waals surface area contributed by atoms with Crippen LogP contribution in [0.25, 0.3) is 121 Å². The molecule has 0 amide bonds. The van der Waals surface area contributed by atoms with E-state index in [0.29, 0.717) is 5.56 Å². The van der Waals surface area contributed by atoms with Gasteiger partial charge in [0, 0.05) is 73.4 Å². The van der Waals surface area contributed by atoms with Crippen LogP contribution in [0.3, 0.4) is 0 Å². The van der Waals surface area contributed by atoms with E-state index in [1.54, 1.807) is 0 Å². The molecule has 7 nitrogen and oxygen atoms in total. The molecular formula is C62H41N7. The molecule has 0 atom stereocenters. The van der Waals surface area contributed by atoms with E-state index in [-0.39, 0.29) is 0 Å². The predicted octanol–water partition coefficient (Wildman–Crippen LogP) is 15.3. The molecule has 0 aliphatic carbocycles. The van der Waals surface area contributed by atoms with Crippen molar-refractivity contribution < 1.29 is 0 Å². The number of benzene rings is 8. The lowest BCUT2D eigenvalue weighted by atomic mass is 9.88. The molecule has 0 spiro atoms. The van der Waals surface area contributed by atoms with Crippen LogP contribution in [-0.4, -0.2) is 28.2 Å². The number of rotatable bonds is 5. The SMILES string of the molecule is Cc1cc(C)c(C)c(-c2c(-n3c4ccccc4c4ccccc43)c(-n3c4ccccc4c4cnccc43)c(C#N)c(-n3c4ccccc4c4cnccc43)c2-n2c3ccccc3c3ccccc32)c1. The molecule has 8 aromatic carbocycles. The van der Waals surface area contributed by atoms with Crippen molar-refractivity contribution in [1.29, 1.82) is 5.26 Å². The van der Waals surface area contributed by atoms with Crippen molar-refractivity contribution in [1.82, 2.24) is 28.2 Å². The number of nitriles is 1. The fraction of sp³-hybridized carbons (Fsp3) is 0.0484. The van der Waals surface area contributed by atoms with Crippen LogP contribution in [0.4, 0.5) is 0 Å². The molecule has 0 fully saturated rings. The van der Waals surface area contributed by atoms with Gasteiger partial charge in [0.15, 0.2) is 0 Å². The Morgan fingerprint density at radius 1 is 0.377 bits per heavy atom. The largest absolute Gasteiger partial charge is 0.306 e. The molecule has 324 valence electrons. The van der Waals surface area contributed by atoms with Crippen molar-refractivity contribution in [2.45, 2.75) is 20.8 Å². The second kappa shape index (κ2) is 14.6. The first-order valence-electron chi connectivity index (χ1n) is 23.4. The Morgan fingerprint density at radius 2 is 0.696 bits per heavy atom. The zero-order chi connectivity index (χ0) is 46.1. The molecule has 6 heterocycles. The summed E-state index contributed by atoms with van der Waals surface area (Å²) in [7, 11) is 0. The van der Waals surface area contributed by atoms with E-state index in [9.17, 15) is 5.26 Å². The van der Waals surface area contributed by atoms with Crippen LogP contribution in [0, 0.1) is 32.1 Å². The molecule has 0 radical (unpaired) electrons. The Morgan fingerprint density at radius 3 is 1.06 bits per heavy atom. The summed E-state index contributed by atoms with van der Waals surface area (Å²) in [4.78, 5) is 9.40. The van der Waals surface area contributed by atoms with Crippen molar-refractivity contribution in [3.63, 3.8) is 0 Å². The van der Waals surface area contributed by atoms with E-state index in [1.807, 2.05) is 24.8 Å². The first kappa shape index (κ1) is 39.0. The summed E-state index contributed by atoms with van der Waals surface area (Å²) in [5.41, 5.74) is 17.5. The Bertz CT molecular complexity index is 4080. The number of para-hydroxylation sites is 6. The maximum atomic E-state index is 12.7. The summed E-state index contributed by atoms with van der Waals surface area (Å²) in [5, 5.41) is 21.3. The van der Waals surface area contributed by atoms with Gasteiger partial charge in [0.2, 0.25) is 0 Å². The smallest absolute Gasteiger partial charge is 0.104 e. The Hall–Kier alpha value is -9.25. The van der Waals surface area contributed by atoms with E-state index >= 15 is 0 Å². The van der Waals surface area contributed by atoms with Crippen molar-refractivity contribution in [3.05, 3.63) is 217 Å². The van der Waals surface area contributed by atoms with Gasteiger partial charge in [0.05, 0.1) is 66.9 Å². The molecule has 14 rings (SSSR count). The second-order valence-corrected chi connectivity index (χ2v) is 18.2. The summed E-state index contributed by atoms with van der Waals surface area (Å²) < 4.78 is 9.60. The van der Waals surface area contributed by atoms with Gasteiger partial charge < -0.3 is 18.3 Å². The highest BCUT2D eigenvalue weighted by molar-refractivity contribution is 6.17. The average molecular weight is 884 g/mol. The van der Waals surface area contributed by atoms with E-state index in [2.05, 4.69) is 215 Å². The molecule has 6 aromatic heterocycles. The van der Waals surface area contributed by atoms with Crippen LogP contribution in [-0.2, 0) is 0 Å². The van der Waals surface area contributed by atoms with Gasteiger partial charge in [-0.1, -0.05) is 127 Å². The third kappa shape index (κ3) is 5.31. The van der Waals surface area contributed by atoms with Gasteiger partial charge in [-0.15, -0.1) is 0 Å². The summed E-state index contributed by atoms with van der Waals surface area (Å²) in [6.45, 7) is 6.67. The fourth-order valence-electron chi connectivity index (χ4n) is 11.7. The van der Waals surface area contributed by atoms with Crippen LogP contribution >= 0.6 is 0 Å². The van der Waals surface area contributed by atoms with Gasteiger partial charge in [-0.2, -0.15) is 5.26 Å². The van der Waals surface area contributed by atoms with Crippen molar-refractivity contribution in [3.8, 4) is 39.9 Å². The van der Waals surface area contributed by atoms with E-state index in [1.165, 1.54) is 5.56 Å². The zero-order valence-electron chi connectivity index (χ0n) is 38.1. The molecule has 0 unspecified atom stereocenters. The summed E-state index contributed by atoms with van der Waals surface area (Å²) >= 11 is 0. The topological polar surface area (TPSA) is 69.3 Å². The summed E-state index contributed by atoms with van der Waals surface area (Å²) in [6, 6.07) is 63.8. The molecule has 0 saturated heterocycles. The molecule has 7 heteroatoms. The molecule has 69 heavy (non-hydrogen) atoms. The van der Waals surface area contributed by atoms with Crippen LogP contribution in [0.2, 0.25) is 0 Å². The van der Waals surface area contributed by atoms with Crippen molar-refractivity contribution in [2.75, 3.05) is 0 Å². The number of aromatic nitrogens is 6. The number of pyridine rings is 2. The third-order valence-corrected chi connectivity index (χ3v) is 14.6. The quantitative estimate of drug-likeness (QED) is 0.173. The first-order valence-corrected chi connectivity index (χ1v) is 23.4. The highest BCUT2D eigenvalue weighted by atomic mass is 15.1. The van der Waals surface area contributed by atoms with Gasteiger partial charge in [0.25, 0.3) is 0 Å². The predicted molar refractivity (Wildman–Crippen MR) is 284 cm³/mol. The lowest BCUT2D eigenvalue weighted by Gasteiger charge is -2.30. The van der Waals surface area contributed by atoms with Gasteiger partial charge in [-0.3, -0.25) is 9.97 Å². The monoisotopic (exact) mass is 883 g/mol. The van der Waals surface area contributed by atoms with Gasteiger partial charge in [0.1, 0.15) is 11.6 Å². The van der Waals surface area contributed by atoms with Crippen molar-refractivity contribution in [2.24, 2.45) is 0 Å². The van der Waals surface area contributed by atoms with Crippen LogP contribution in [0.5, 0.6) is 0 Å². The van der Waals surface area contributed by atoms with Crippen LogP contribution in [0.1, 0.15) is 22.3 Å². The Kier molecular flexibility index (Phi) is 8.26. The molecule has 0 aliphatic heterocycles. The maximum Gasteiger partial charge on any atom is 0.104 e. The fourth-order valence-corrected chi connectivity index (χ4v) is 11.7. The third-order valence-electron chi connectivity index (χ3n) is 14.6. The normalized spacial score (nSPS) is 12.0. The minimum Gasteiger partial charge on any atom is -0.306 e. The van der Waals surface area contributed by atoms with Gasteiger partial charge in [-0.25, -0.2) is 0 Å². The first-order chi connectivity index (χ1) is 34.0. The van der Waals surface area contributed by atoms with Gasteiger partial charge >= 0.3 is 0 Å². The maximum absolute atomic E-state index is 12.7. The summed E-state index contributed by atoms with van der Waals surface area (Å²) in [6.07, 6.45) is 7.66. The Balaban J connectivity index is 1.39. The molecule has 0 aliphatic rings. The lowest BCUT2D eigenvalue weighted by molar-refractivity contribution is 1.03. The van der Waals surface area contributed by atoms with Crippen LogP contribution in [0.15, 0.2) is 195 Å². The average Bonchev–Trinajstić information content (AvgIpc) is 4.12. The molecule has 0 bridgehead atoms. The molecule has 0 saturated carbocycles. The lowest BCUT2D eigenvalue weighted by Crippen LogP contribution is -2.16. The number of fused-ring (bicyclic) bond motifs is 12. The van der Waals surface area contributed by atoms with Crippen molar-refractivity contribution >= 4 is 87.2 Å². The van der Waals surface area contributed by atoms with E-state index < -0.39 is 0 Å². The van der Waals surface area contributed by atoms with Gasteiger partial charge in [-0.05, 0) is 86.0 Å². The van der Waals surface area contributed by atoms with E-state index in [4.69, 9.17) is 9.97 Å². The highest BCUT2D eigenvalue weighted by Gasteiger charge is 2.35. The number of hydrogen-bond acceptors (Lipinski definition) is 3. The Labute approximate surface area is 396 Å². The molecular weight excluding hydrogens is 843 g/mol. The minimum absolute atomic E-state index is 0.522. The van der Waals surface area contributed by atoms with E-state index in [0.717, 1.165) is 132 Å². The number of aryl methyl sites for hydroxylation is 2. The summed E-state index contributed by atoms with van der Waals surface area (Å²) in [5.74, 6) is 0. The zero-order valence-corrected chi connectivity index (χ0v) is 38.1. The standard InChI is InChI=1S/C62H41N7/c1-37-32-38(2)39(3)46(33-37)58-61(68-50-22-10-4-16-40(50)41-17-5-11-23-51(41)68)59(66-54-26-14-8-20-44(54)48-35-64-30-28-56(48)66)47(34-63)60(67-55-27-15-9-21-45(55)49-36-65-31-29-57(49)67)62(58)69-52-24-12-6-18-42(52)43-19-7-13-25-53(43)69/h4-33,35-36H,1-3H3. The highest BCUT2D eigenvalue weighted by Crippen LogP contribution is 2.52. The molecule has 0 N–H and O–H groups in total. The van der Waals surface area contributed by atoms with Crippen LogP contribution < -0.4 is 0 Å². The number of hydrogen-bond donors (Lipinski definition) is 0.